The van der Waals surface area contributed by atoms with Crippen LogP contribution in [0.5, 0.6) is 0 Å². The molecule has 1 atom stereocenters. The van der Waals surface area contributed by atoms with E-state index in [1.54, 1.807) is 6.92 Å². The minimum Gasteiger partial charge on any atom is -0.452 e. The average Bonchev–Trinajstić information content (AvgIpc) is 3.49. The Morgan fingerprint density at radius 2 is 1.83 bits per heavy atom. The van der Waals surface area contributed by atoms with Crippen molar-refractivity contribution >= 4 is 27.8 Å². The zero-order valence-electron chi connectivity index (χ0n) is 16.8. The first kappa shape index (κ1) is 22.8. The summed E-state index contributed by atoms with van der Waals surface area (Å²) in [4.78, 5) is 37.0. The van der Waals surface area contributed by atoms with Crippen LogP contribution >= 0.6 is 0 Å². The summed E-state index contributed by atoms with van der Waals surface area (Å²) >= 11 is 0. The maximum atomic E-state index is 12.2. The molecule has 0 heterocycles. The van der Waals surface area contributed by atoms with Gasteiger partial charge in [-0.1, -0.05) is 6.92 Å². The molecule has 0 radical (unpaired) electrons. The maximum Gasteiger partial charge on any atom is 0.338 e. The van der Waals surface area contributed by atoms with Crippen LogP contribution in [0.3, 0.4) is 0 Å². The third-order valence-electron chi connectivity index (χ3n) is 4.44. The molecule has 2 rings (SSSR count). The number of nitrogens with zero attached hydrogens (tertiary/aromatic N) is 1. The summed E-state index contributed by atoms with van der Waals surface area (Å²) in [5.74, 6) is -1.52. The number of carbonyl (C=O) groups is 3. The van der Waals surface area contributed by atoms with Crippen LogP contribution in [0.2, 0.25) is 0 Å². The maximum absolute atomic E-state index is 12.2. The second-order valence-corrected chi connectivity index (χ2v) is 8.84. The number of benzene rings is 1. The Morgan fingerprint density at radius 1 is 1.21 bits per heavy atom. The number of carbonyl (C=O) groups excluding carboxylic acids is 3. The molecule has 160 valence electrons. The Labute approximate surface area is 170 Å². The first-order valence-corrected chi connectivity index (χ1v) is 10.9. The molecule has 0 aliphatic heterocycles. The van der Waals surface area contributed by atoms with Crippen LogP contribution in [0.4, 0.5) is 0 Å². The summed E-state index contributed by atoms with van der Waals surface area (Å²) in [5, 5.41) is 2.77. The van der Waals surface area contributed by atoms with Crippen LogP contribution in [0.1, 0.15) is 43.5 Å². The van der Waals surface area contributed by atoms with E-state index >= 15 is 0 Å². The molecule has 9 nitrogen and oxygen atoms in total. The van der Waals surface area contributed by atoms with Gasteiger partial charge in [0.1, 0.15) is 0 Å². The second-order valence-electron chi connectivity index (χ2n) is 7.12. The minimum absolute atomic E-state index is 0.0341. The molecule has 0 spiro atoms. The Balaban J connectivity index is 1.85. The SMILES string of the molecule is CC[C@H](C)NS(=O)(=O)c1ccc(C(=O)OCC(=O)N(C)CC(=O)NC2CC2)cc1. The Morgan fingerprint density at radius 3 is 2.38 bits per heavy atom. The van der Waals surface area contributed by atoms with E-state index in [0.29, 0.717) is 6.42 Å². The van der Waals surface area contributed by atoms with E-state index in [2.05, 4.69) is 10.0 Å². The van der Waals surface area contributed by atoms with E-state index in [1.807, 2.05) is 6.92 Å². The number of likely N-dealkylation sites (N-methyl/N-ethyl adjacent to an activating group) is 1. The van der Waals surface area contributed by atoms with Crippen molar-refractivity contribution in [2.75, 3.05) is 20.2 Å². The lowest BCUT2D eigenvalue weighted by Gasteiger charge is -2.16. The van der Waals surface area contributed by atoms with Gasteiger partial charge in [-0.25, -0.2) is 17.9 Å². The third kappa shape index (κ3) is 7.13. The Bertz CT molecular complexity index is 849. The number of nitrogens with one attached hydrogen (secondary N) is 2. The van der Waals surface area contributed by atoms with Crippen LogP contribution < -0.4 is 10.0 Å². The molecule has 10 heteroatoms. The lowest BCUT2D eigenvalue weighted by molar-refractivity contribution is -0.137. The predicted octanol–water partition coefficient (Wildman–Crippen LogP) is 0.657. The second kappa shape index (κ2) is 9.84. The fourth-order valence-electron chi connectivity index (χ4n) is 2.31. The van der Waals surface area contributed by atoms with Crippen molar-refractivity contribution in [2.24, 2.45) is 0 Å². The topological polar surface area (TPSA) is 122 Å². The molecule has 0 aromatic heterocycles. The minimum atomic E-state index is -3.67. The standard InChI is InChI=1S/C19H27N3O6S/c1-4-13(2)21-29(26,27)16-9-5-14(6-10-16)19(25)28-12-18(24)22(3)11-17(23)20-15-7-8-15/h5-6,9-10,13,15,21H,4,7-8,11-12H2,1-3H3,(H,20,23)/t13-/m0/s1. The molecule has 1 aromatic carbocycles. The van der Waals surface area contributed by atoms with Crippen molar-refractivity contribution in [3.63, 3.8) is 0 Å². The van der Waals surface area contributed by atoms with Gasteiger partial charge in [-0.2, -0.15) is 0 Å². The van der Waals surface area contributed by atoms with Crippen LogP contribution in [0.25, 0.3) is 0 Å². The number of esters is 1. The van der Waals surface area contributed by atoms with Gasteiger partial charge in [0, 0.05) is 19.1 Å². The molecule has 1 aliphatic rings. The molecule has 1 saturated carbocycles. The molecule has 2 N–H and O–H groups in total. The van der Waals surface area contributed by atoms with Gasteiger partial charge in [0.25, 0.3) is 5.91 Å². The van der Waals surface area contributed by atoms with E-state index in [0.717, 1.165) is 12.8 Å². The van der Waals surface area contributed by atoms with E-state index < -0.39 is 28.5 Å². The summed E-state index contributed by atoms with van der Waals surface area (Å²) in [6, 6.07) is 5.25. The highest BCUT2D eigenvalue weighted by atomic mass is 32.2. The Hall–Kier alpha value is -2.46. The largest absolute Gasteiger partial charge is 0.452 e. The van der Waals surface area contributed by atoms with Gasteiger partial charge in [-0.3, -0.25) is 9.59 Å². The number of sulfonamides is 1. The summed E-state index contributed by atoms with van der Waals surface area (Å²) in [5.41, 5.74) is 0.120. The smallest absolute Gasteiger partial charge is 0.338 e. The van der Waals surface area contributed by atoms with Gasteiger partial charge in [0.15, 0.2) is 6.61 Å². The first-order valence-electron chi connectivity index (χ1n) is 9.45. The van der Waals surface area contributed by atoms with Gasteiger partial charge in [0.05, 0.1) is 17.0 Å². The van der Waals surface area contributed by atoms with Crippen molar-refractivity contribution in [1.29, 1.82) is 0 Å². The number of amides is 2. The molecular formula is C19H27N3O6S. The molecule has 1 aliphatic carbocycles. The van der Waals surface area contributed by atoms with E-state index in [9.17, 15) is 22.8 Å². The van der Waals surface area contributed by atoms with E-state index in [1.165, 1.54) is 36.2 Å². The molecule has 29 heavy (non-hydrogen) atoms. The summed E-state index contributed by atoms with van der Waals surface area (Å²) < 4.78 is 31.9. The number of ether oxygens (including phenoxy) is 1. The normalized spacial score (nSPS) is 14.7. The van der Waals surface area contributed by atoms with Gasteiger partial charge in [-0.15, -0.1) is 0 Å². The lowest BCUT2D eigenvalue weighted by atomic mass is 10.2. The van der Waals surface area contributed by atoms with Crippen molar-refractivity contribution in [3.05, 3.63) is 29.8 Å². The summed E-state index contributed by atoms with van der Waals surface area (Å²) in [6.45, 7) is 3.00. The Kier molecular flexibility index (Phi) is 7.74. The number of rotatable bonds is 10. The third-order valence-corrected chi connectivity index (χ3v) is 6.05. The molecule has 2 amide bonds. The fraction of sp³-hybridized carbons (Fsp3) is 0.526. The zero-order valence-corrected chi connectivity index (χ0v) is 17.6. The highest BCUT2D eigenvalue weighted by molar-refractivity contribution is 7.89. The van der Waals surface area contributed by atoms with Crippen molar-refractivity contribution < 1.29 is 27.5 Å². The van der Waals surface area contributed by atoms with Crippen LogP contribution in [0, 0.1) is 0 Å². The number of hydrogen-bond donors (Lipinski definition) is 2. The van der Waals surface area contributed by atoms with Gasteiger partial charge in [0.2, 0.25) is 15.9 Å². The molecular weight excluding hydrogens is 398 g/mol. The molecule has 0 saturated heterocycles. The molecule has 0 bridgehead atoms. The highest BCUT2D eigenvalue weighted by Crippen LogP contribution is 2.18. The molecule has 1 aromatic rings. The van der Waals surface area contributed by atoms with Crippen molar-refractivity contribution in [3.8, 4) is 0 Å². The average molecular weight is 426 g/mol. The number of hydrogen-bond acceptors (Lipinski definition) is 6. The molecule has 1 fully saturated rings. The van der Waals surface area contributed by atoms with Crippen LogP contribution in [-0.4, -0.2) is 63.4 Å². The fourth-order valence-corrected chi connectivity index (χ4v) is 3.64. The highest BCUT2D eigenvalue weighted by Gasteiger charge is 2.24. The summed E-state index contributed by atoms with van der Waals surface area (Å²) in [7, 11) is -2.22. The van der Waals surface area contributed by atoms with Gasteiger partial charge in [-0.05, 0) is 50.5 Å². The van der Waals surface area contributed by atoms with Crippen molar-refractivity contribution in [2.45, 2.75) is 50.1 Å². The first-order chi connectivity index (χ1) is 13.6. The zero-order chi connectivity index (χ0) is 21.6. The van der Waals surface area contributed by atoms with Gasteiger partial charge < -0.3 is 15.0 Å². The van der Waals surface area contributed by atoms with E-state index in [-0.39, 0.29) is 35.0 Å². The van der Waals surface area contributed by atoms with Crippen LogP contribution in [-0.2, 0) is 24.3 Å². The quantitative estimate of drug-likeness (QED) is 0.531. The molecule has 0 unspecified atom stereocenters. The lowest BCUT2D eigenvalue weighted by Crippen LogP contribution is -2.40. The summed E-state index contributed by atoms with van der Waals surface area (Å²) in [6.07, 6.45) is 2.55. The predicted molar refractivity (Wildman–Crippen MR) is 106 cm³/mol. The van der Waals surface area contributed by atoms with Gasteiger partial charge >= 0.3 is 5.97 Å². The van der Waals surface area contributed by atoms with Crippen LogP contribution in [0.15, 0.2) is 29.2 Å². The monoisotopic (exact) mass is 425 g/mol. The van der Waals surface area contributed by atoms with E-state index in [4.69, 9.17) is 4.74 Å². The van der Waals surface area contributed by atoms with Crippen molar-refractivity contribution in [1.82, 2.24) is 14.9 Å².